The van der Waals surface area contributed by atoms with Crippen LogP contribution in [-0.4, -0.2) is 41.4 Å². The summed E-state index contributed by atoms with van der Waals surface area (Å²) in [6.07, 6.45) is 3.31. The third-order valence-electron chi connectivity index (χ3n) is 5.46. The summed E-state index contributed by atoms with van der Waals surface area (Å²) in [7, 11) is -2.62. The lowest BCUT2D eigenvalue weighted by Crippen LogP contribution is -2.40. The monoisotopic (exact) mass is 444 g/mol. The molecule has 4 rings (SSSR count). The van der Waals surface area contributed by atoms with E-state index in [1.807, 2.05) is 6.92 Å². The number of carbonyl (C=O) groups is 1. The predicted octanol–water partition coefficient (Wildman–Crippen LogP) is 2.85. The third kappa shape index (κ3) is 3.61. The molecule has 0 bridgehead atoms. The molecule has 0 radical (unpaired) electrons. The fraction of sp³-hybridized carbons (Fsp3) is 0.300. The average molecular weight is 444 g/mol. The molecule has 0 amide bonds. The Labute approximate surface area is 178 Å². The molecular weight excluding hydrogens is 424 g/mol. The van der Waals surface area contributed by atoms with Gasteiger partial charge in [0.05, 0.1) is 28.2 Å². The van der Waals surface area contributed by atoms with Crippen LogP contribution in [0, 0.1) is 23.0 Å². The molecule has 31 heavy (non-hydrogen) atoms. The second kappa shape index (κ2) is 7.65. The molecule has 162 valence electrons. The molecule has 1 saturated carbocycles. The Morgan fingerprint density at radius 3 is 2.55 bits per heavy atom. The molecule has 0 atom stereocenters. The minimum atomic E-state index is -3.94. The Morgan fingerprint density at radius 2 is 1.94 bits per heavy atom. The van der Waals surface area contributed by atoms with Crippen molar-refractivity contribution in [1.29, 1.82) is 0 Å². The van der Waals surface area contributed by atoms with Crippen LogP contribution in [0.25, 0.3) is 11.0 Å². The van der Waals surface area contributed by atoms with Crippen molar-refractivity contribution in [1.82, 2.24) is 8.96 Å². The number of esters is 1. The second-order valence-electron chi connectivity index (χ2n) is 7.48. The van der Waals surface area contributed by atoms with E-state index in [4.69, 9.17) is 4.74 Å². The maximum absolute atomic E-state index is 13.1. The molecule has 3 aromatic rings. The van der Waals surface area contributed by atoms with E-state index in [0.29, 0.717) is 18.2 Å². The van der Waals surface area contributed by atoms with Gasteiger partial charge in [-0.2, -0.15) is 0 Å². The number of pyridine rings is 1. The summed E-state index contributed by atoms with van der Waals surface area (Å²) in [6.45, 7) is 1.85. The first kappa shape index (κ1) is 20.8. The highest BCUT2D eigenvalue weighted by Crippen LogP contribution is 2.38. The topological polar surface area (TPSA) is 133 Å². The summed E-state index contributed by atoms with van der Waals surface area (Å²) in [6, 6.07) is 7.70. The van der Waals surface area contributed by atoms with Crippen LogP contribution in [0.5, 0.6) is 0 Å². The minimum absolute atomic E-state index is 0.0810. The van der Waals surface area contributed by atoms with Crippen molar-refractivity contribution in [2.24, 2.45) is 5.92 Å². The molecular formula is C20H20N4O6S. The summed E-state index contributed by atoms with van der Waals surface area (Å²) in [5, 5.41) is 15.0. The number of aromatic nitrogens is 2. The molecule has 0 saturated heterocycles. The van der Waals surface area contributed by atoms with Gasteiger partial charge in [-0.15, -0.1) is 0 Å². The first-order chi connectivity index (χ1) is 14.7. The highest BCUT2D eigenvalue weighted by atomic mass is 32.2. The smallest absolute Gasteiger partial charge is 0.311 e. The molecule has 11 heteroatoms. The van der Waals surface area contributed by atoms with E-state index in [1.54, 1.807) is 12.1 Å². The summed E-state index contributed by atoms with van der Waals surface area (Å²) in [4.78, 5) is 26.8. The molecule has 10 nitrogen and oxygen atoms in total. The van der Waals surface area contributed by atoms with Crippen LogP contribution in [0.15, 0.2) is 47.6 Å². The molecule has 1 aliphatic carbocycles. The van der Waals surface area contributed by atoms with Crippen molar-refractivity contribution in [3.05, 3.63) is 58.4 Å². The molecule has 1 N–H and O–H groups in total. The molecule has 0 spiro atoms. The number of methoxy groups -OCH3 is 1. The summed E-state index contributed by atoms with van der Waals surface area (Å²) < 4.78 is 32.0. The number of nitrogens with zero attached hydrogens (tertiary/aromatic N) is 3. The van der Waals surface area contributed by atoms with Gasteiger partial charge in [-0.1, -0.05) is 17.7 Å². The lowest BCUT2D eigenvalue weighted by atomic mass is 9.80. The van der Waals surface area contributed by atoms with Crippen LogP contribution in [-0.2, 0) is 19.6 Å². The van der Waals surface area contributed by atoms with E-state index in [9.17, 15) is 23.3 Å². The van der Waals surface area contributed by atoms with Gasteiger partial charge in [0.1, 0.15) is 11.9 Å². The van der Waals surface area contributed by atoms with Crippen molar-refractivity contribution in [2.45, 2.75) is 30.7 Å². The number of nitrogens with one attached hydrogen (secondary N) is 1. The Hall–Kier alpha value is -3.47. The fourth-order valence-electron chi connectivity index (χ4n) is 3.66. The number of aryl methyl sites for hydroxylation is 1. The van der Waals surface area contributed by atoms with E-state index in [-0.39, 0.29) is 39.8 Å². The standard InChI is InChI=1S/C20H20N4O6S/c1-12-3-5-15(6-4-12)31(28,29)23-8-7-16-18(17(24(26)27)11-21-19(16)23)22-14-9-13(10-14)20(25)30-2/h3-8,11,13-14H,9-10H2,1-2H3,(H,21,22)/t13-,14+. The predicted molar refractivity (Wildman–Crippen MR) is 112 cm³/mol. The molecule has 2 heterocycles. The van der Waals surface area contributed by atoms with Gasteiger partial charge in [-0.3, -0.25) is 14.9 Å². The number of nitro groups is 1. The maximum atomic E-state index is 13.1. The number of anilines is 1. The normalized spacial score (nSPS) is 18.4. The van der Waals surface area contributed by atoms with Crippen LogP contribution >= 0.6 is 0 Å². The van der Waals surface area contributed by atoms with Crippen molar-refractivity contribution in [3.8, 4) is 0 Å². The Kier molecular flexibility index (Phi) is 5.13. The van der Waals surface area contributed by atoms with Crippen LogP contribution in [0.1, 0.15) is 18.4 Å². The van der Waals surface area contributed by atoms with Gasteiger partial charge < -0.3 is 10.1 Å². The first-order valence-electron chi connectivity index (χ1n) is 9.53. The van der Waals surface area contributed by atoms with E-state index in [2.05, 4.69) is 10.3 Å². The van der Waals surface area contributed by atoms with Gasteiger partial charge in [0.25, 0.3) is 10.0 Å². The zero-order valence-corrected chi connectivity index (χ0v) is 17.6. The molecule has 1 aliphatic rings. The van der Waals surface area contributed by atoms with Crippen molar-refractivity contribution in [2.75, 3.05) is 12.4 Å². The van der Waals surface area contributed by atoms with Crippen molar-refractivity contribution in [3.63, 3.8) is 0 Å². The van der Waals surface area contributed by atoms with E-state index in [0.717, 1.165) is 15.7 Å². The zero-order chi connectivity index (χ0) is 22.3. The Morgan fingerprint density at radius 1 is 1.26 bits per heavy atom. The second-order valence-corrected chi connectivity index (χ2v) is 9.29. The largest absolute Gasteiger partial charge is 0.469 e. The molecule has 0 aliphatic heterocycles. The quantitative estimate of drug-likeness (QED) is 0.348. The van der Waals surface area contributed by atoms with Crippen LogP contribution in [0.3, 0.4) is 0 Å². The maximum Gasteiger partial charge on any atom is 0.311 e. The SMILES string of the molecule is COC(=O)[C@H]1C[C@@H](Nc2c([N+](=O)[O-])cnc3c2ccn3S(=O)(=O)c2ccc(C)cc2)C1. The van der Waals surface area contributed by atoms with Crippen LogP contribution < -0.4 is 5.32 Å². The number of fused-ring (bicyclic) bond motifs is 1. The summed E-state index contributed by atoms with van der Waals surface area (Å²) in [5.41, 5.74) is 0.917. The Bertz CT molecular complexity index is 1280. The molecule has 2 aromatic heterocycles. The summed E-state index contributed by atoms with van der Waals surface area (Å²) >= 11 is 0. The van der Waals surface area contributed by atoms with E-state index >= 15 is 0 Å². The average Bonchev–Trinajstić information content (AvgIpc) is 3.15. The lowest BCUT2D eigenvalue weighted by molar-refractivity contribution is -0.384. The molecule has 1 fully saturated rings. The number of ether oxygens (including phenoxy) is 1. The van der Waals surface area contributed by atoms with Crippen LogP contribution in [0.2, 0.25) is 0 Å². The van der Waals surface area contributed by atoms with Gasteiger partial charge in [0.2, 0.25) is 0 Å². The van der Waals surface area contributed by atoms with Gasteiger partial charge in [0.15, 0.2) is 5.65 Å². The molecule has 1 aromatic carbocycles. The highest BCUT2D eigenvalue weighted by molar-refractivity contribution is 7.90. The van der Waals surface area contributed by atoms with Crippen LogP contribution in [0.4, 0.5) is 11.4 Å². The van der Waals surface area contributed by atoms with Gasteiger partial charge in [-0.05, 0) is 38.0 Å². The fourth-order valence-corrected chi connectivity index (χ4v) is 4.96. The lowest BCUT2D eigenvalue weighted by Gasteiger charge is -2.34. The summed E-state index contributed by atoms with van der Waals surface area (Å²) in [5.74, 6) is -0.576. The van der Waals surface area contributed by atoms with Gasteiger partial charge in [0, 0.05) is 12.2 Å². The number of hydrogen-bond donors (Lipinski definition) is 1. The third-order valence-corrected chi connectivity index (χ3v) is 7.14. The Balaban J connectivity index is 1.74. The highest BCUT2D eigenvalue weighted by Gasteiger charge is 2.37. The number of rotatable bonds is 6. The number of benzene rings is 1. The van der Waals surface area contributed by atoms with E-state index < -0.39 is 14.9 Å². The van der Waals surface area contributed by atoms with E-state index in [1.165, 1.54) is 31.5 Å². The number of hydrogen-bond acceptors (Lipinski definition) is 8. The minimum Gasteiger partial charge on any atom is -0.469 e. The number of carbonyl (C=O) groups excluding carboxylic acids is 1. The van der Waals surface area contributed by atoms with Gasteiger partial charge in [-0.25, -0.2) is 17.4 Å². The zero-order valence-electron chi connectivity index (χ0n) is 16.8. The van der Waals surface area contributed by atoms with Gasteiger partial charge >= 0.3 is 11.7 Å². The first-order valence-corrected chi connectivity index (χ1v) is 11.0. The van der Waals surface area contributed by atoms with Crippen molar-refractivity contribution >= 4 is 38.4 Å². The van der Waals surface area contributed by atoms with Crippen molar-refractivity contribution < 1.29 is 22.9 Å². The molecule has 0 unspecified atom stereocenters.